The number of halogens is 1. The Labute approximate surface area is 120 Å². The molecule has 19 heavy (non-hydrogen) atoms. The van der Waals surface area contributed by atoms with Crippen LogP contribution in [-0.4, -0.2) is 9.97 Å². The van der Waals surface area contributed by atoms with E-state index in [9.17, 15) is 0 Å². The molecule has 3 aromatic rings. The van der Waals surface area contributed by atoms with E-state index < -0.39 is 0 Å². The number of pyridine rings is 1. The molecule has 0 radical (unpaired) electrons. The summed E-state index contributed by atoms with van der Waals surface area (Å²) < 4.78 is 1.19. The minimum Gasteiger partial charge on any atom is -0.324 e. The Hall–Kier alpha value is -1.49. The van der Waals surface area contributed by atoms with Crippen LogP contribution in [0, 0.1) is 0 Å². The molecule has 0 aliphatic heterocycles. The zero-order valence-corrected chi connectivity index (χ0v) is 11.7. The van der Waals surface area contributed by atoms with Gasteiger partial charge in [-0.3, -0.25) is 4.98 Å². The van der Waals surface area contributed by atoms with Gasteiger partial charge in [-0.15, -0.1) is 11.3 Å². The summed E-state index contributed by atoms with van der Waals surface area (Å²) in [5.41, 5.74) is 8.14. The maximum atomic E-state index is 6.20. The molecule has 2 N–H and O–H groups in total. The summed E-state index contributed by atoms with van der Waals surface area (Å²) in [4.78, 5) is 8.56. The third kappa shape index (κ3) is 2.61. The fourth-order valence-electron chi connectivity index (χ4n) is 1.99. The van der Waals surface area contributed by atoms with E-state index in [0.29, 0.717) is 11.4 Å². The maximum absolute atomic E-state index is 6.20. The van der Waals surface area contributed by atoms with E-state index >= 15 is 0 Å². The molecule has 0 bridgehead atoms. The van der Waals surface area contributed by atoms with Crippen LogP contribution in [0.25, 0.3) is 10.2 Å². The highest BCUT2D eigenvalue weighted by Gasteiger charge is 2.13. The molecular weight excluding hydrogens is 278 g/mol. The zero-order chi connectivity index (χ0) is 13.2. The van der Waals surface area contributed by atoms with Crippen molar-refractivity contribution in [1.29, 1.82) is 0 Å². The third-order valence-corrected chi connectivity index (χ3v) is 4.31. The first-order chi connectivity index (χ1) is 9.24. The van der Waals surface area contributed by atoms with Crippen LogP contribution in [0.1, 0.15) is 16.6 Å². The van der Waals surface area contributed by atoms with E-state index in [1.54, 1.807) is 23.7 Å². The first kappa shape index (κ1) is 12.5. The van der Waals surface area contributed by atoms with Gasteiger partial charge in [0.05, 0.1) is 20.2 Å². The molecule has 3 rings (SSSR count). The Morgan fingerprint density at radius 3 is 2.89 bits per heavy atom. The van der Waals surface area contributed by atoms with Crippen LogP contribution in [0.3, 0.4) is 0 Å². The molecule has 5 heteroatoms. The number of fused-ring (bicyclic) bond motifs is 1. The normalized spacial score (nSPS) is 12.7. The summed E-state index contributed by atoms with van der Waals surface area (Å²) in [6, 6.07) is 9.80. The van der Waals surface area contributed by atoms with Crippen LogP contribution in [0.15, 0.2) is 42.7 Å². The van der Waals surface area contributed by atoms with Crippen molar-refractivity contribution in [2.24, 2.45) is 5.73 Å². The average molecular weight is 290 g/mol. The first-order valence-electron chi connectivity index (χ1n) is 5.93. The molecule has 1 unspecified atom stereocenters. The lowest BCUT2D eigenvalue weighted by atomic mass is 10.1. The van der Waals surface area contributed by atoms with Crippen LogP contribution < -0.4 is 5.73 Å². The van der Waals surface area contributed by atoms with Gasteiger partial charge >= 0.3 is 0 Å². The predicted octanol–water partition coefficient (Wildman–Crippen LogP) is 3.59. The topological polar surface area (TPSA) is 51.8 Å². The van der Waals surface area contributed by atoms with Gasteiger partial charge in [0.1, 0.15) is 0 Å². The van der Waals surface area contributed by atoms with Gasteiger partial charge in [-0.2, -0.15) is 0 Å². The van der Waals surface area contributed by atoms with Gasteiger partial charge in [0, 0.05) is 24.9 Å². The second kappa shape index (κ2) is 5.25. The highest BCUT2D eigenvalue weighted by Crippen LogP contribution is 2.27. The van der Waals surface area contributed by atoms with Crippen molar-refractivity contribution in [1.82, 2.24) is 9.97 Å². The molecule has 0 aliphatic rings. The van der Waals surface area contributed by atoms with Crippen molar-refractivity contribution in [2.45, 2.75) is 12.5 Å². The Morgan fingerprint density at radius 1 is 1.26 bits per heavy atom. The second-order valence-corrected chi connectivity index (χ2v) is 5.81. The maximum Gasteiger partial charge on any atom is 0.0957 e. The number of nitrogens with zero attached hydrogens (tertiary/aromatic N) is 2. The van der Waals surface area contributed by atoms with Crippen molar-refractivity contribution in [3.63, 3.8) is 0 Å². The number of hydrogen-bond acceptors (Lipinski definition) is 4. The van der Waals surface area contributed by atoms with Crippen LogP contribution in [0.5, 0.6) is 0 Å². The Morgan fingerprint density at radius 2 is 2.11 bits per heavy atom. The third-order valence-electron chi connectivity index (χ3n) is 2.94. The molecule has 2 heterocycles. The Balaban J connectivity index is 1.86. The quantitative estimate of drug-likeness (QED) is 0.802. The van der Waals surface area contributed by atoms with Crippen molar-refractivity contribution < 1.29 is 0 Å². The Bertz CT molecular complexity index is 677. The van der Waals surface area contributed by atoms with Crippen molar-refractivity contribution in [3.8, 4) is 0 Å². The molecule has 0 fully saturated rings. The van der Waals surface area contributed by atoms with E-state index in [1.807, 2.05) is 24.3 Å². The molecule has 0 saturated heterocycles. The molecule has 2 aromatic heterocycles. The smallest absolute Gasteiger partial charge is 0.0957 e. The standard InChI is InChI=1S/C14H12ClN3S/c15-10-8-17-6-5-9(10)11(16)7-14-18-12-3-1-2-4-13(12)19-14/h1-6,8,11H,7,16H2. The number of aromatic nitrogens is 2. The van der Waals surface area contributed by atoms with E-state index in [0.717, 1.165) is 16.1 Å². The molecule has 0 spiro atoms. The average Bonchev–Trinajstić information content (AvgIpc) is 2.81. The van der Waals surface area contributed by atoms with E-state index in [-0.39, 0.29) is 6.04 Å². The van der Waals surface area contributed by atoms with Crippen LogP contribution in [-0.2, 0) is 6.42 Å². The minimum atomic E-state index is -0.156. The fourth-order valence-corrected chi connectivity index (χ4v) is 3.28. The van der Waals surface area contributed by atoms with Gasteiger partial charge < -0.3 is 5.73 Å². The van der Waals surface area contributed by atoms with Crippen LogP contribution >= 0.6 is 22.9 Å². The van der Waals surface area contributed by atoms with Crippen molar-refractivity contribution in [2.75, 3.05) is 0 Å². The second-order valence-electron chi connectivity index (χ2n) is 4.28. The lowest BCUT2D eigenvalue weighted by molar-refractivity contribution is 0.718. The van der Waals surface area contributed by atoms with Gasteiger partial charge in [-0.1, -0.05) is 23.7 Å². The molecule has 96 valence electrons. The molecule has 0 aliphatic carbocycles. The lowest BCUT2D eigenvalue weighted by Gasteiger charge is -2.11. The van der Waals surface area contributed by atoms with Crippen LogP contribution in [0.4, 0.5) is 0 Å². The number of thiazole rings is 1. The molecule has 1 atom stereocenters. The number of hydrogen-bond donors (Lipinski definition) is 1. The minimum absolute atomic E-state index is 0.156. The SMILES string of the molecule is NC(Cc1nc2ccccc2s1)c1ccncc1Cl. The summed E-state index contributed by atoms with van der Waals surface area (Å²) >= 11 is 7.78. The highest BCUT2D eigenvalue weighted by atomic mass is 35.5. The molecule has 0 saturated carbocycles. The van der Waals surface area contributed by atoms with Gasteiger partial charge in [0.25, 0.3) is 0 Å². The highest BCUT2D eigenvalue weighted by molar-refractivity contribution is 7.18. The van der Waals surface area contributed by atoms with Gasteiger partial charge in [0.15, 0.2) is 0 Å². The van der Waals surface area contributed by atoms with E-state index in [4.69, 9.17) is 17.3 Å². The summed E-state index contributed by atoms with van der Waals surface area (Å²) in [6.45, 7) is 0. The molecular formula is C14H12ClN3S. The summed E-state index contributed by atoms with van der Waals surface area (Å²) in [5.74, 6) is 0. The summed E-state index contributed by atoms with van der Waals surface area (Å²) in [7, 11) is 0. The monoisotopic (exact) mass is 289 g/mol. The van der Waals surface area contributed by atoms with Crippen molar-refractivity contribution in [3.05, 3.63) is 58.3 Å². The molecule has 1 aromatic carbocycles. The largest absolute Gasteiger partial charge is 0.324 e. The fraction of sp³-hybridized carbons (Fsp3) is 0.143. The molecule has 0 amide bonds. The zero-order valence-electron chi connectivity index (χ0n) is 10.1. The van der Waals surface area contributed by atoms with Gasteiger partial charge in [-0.25, -0.2) is 4.98 Å². The molecule has 3 nitrogen and oxygen atoms in total. The van der Waals surface area contributed by atoms with Gasteiger partial charge in [-0.05, 0) is 23.8 Å². The van der Waals surface area contributed by atoms with Crippen LogP contribution in [0.2, 0.25) is 5.02 Å². The Kier molecular flexibility index (Phi) is 3.46. The first-order valence-corrected chi connectivity index (χ1v) is 7.13. The predicted molar refractivity (Wildman–Crippen MR) is 79.5 cm³/mol. The van der Waals surface area contributed by atoms with Crippen molar-refractivity contribution >= 4 is 33.2 Å². The number of benzene rings is 1. The van der Waals surface area contributed by atoms with E-state index in [1.165, 1.54) is 4.70 Å². The summed E-state index contributed by atoms with van der Waals surface area (Å²) in [6.07, 6.45) is 4.01. The lowest BCUT2D eigenvalue weighted by Crippen LogP contribution is -2.13. The summed E-state index contributed by atoms with van der Waals surface area (Å²) in [5, 5.41) is 1.64. The number of para-hydroxylation sites is 1. The number of rotatable bonds is 3. The number of nitrogens with two attached hydrogens (primary N) is 1. The van der Waals surface area contributed by atoms with E-state index in [2.05, 4.69) is 16.0 Å². The van der Waals surface area contributed by atoms with Gasteiger partial charge in [0.2, 0.25) is 0 Å².